The van der Waals surface area contributed by atoms with Gasteiger partial charge in [0.1, 0.15) is 16.6 Å². The number of benzene rings is 2. The molecular formula is C25H20ClF3N4O4S. The summed E-state index contributed by atoms with van der Waals surface area (Å²) in [7, 11) is 1.47. The molecule has 0 saturated heterocycles. The predicted molar refractivity (Wildman–Crippen MR) is 139 cm³/mol. The fourth-order valence-corrected chi connectivity index (χ4v) is 4.92. The van der Waals surface area contributed by atoms with E-state index in [-0.39, 0.29) is 21.0 Å². The van der Waals surface area contributed by atoms with Crippen LogP contribution in [0.1, 0.15) is 33.8 Å². The Morgan fingerprint density at radius 1 is 1.13 bits per heavy atom. The van der Waals surface area contributed by atoms with Crippen LogP contribution in [0.5, 0.6) is 5.75 Å². The van der Waals surface area contributed by atoms with E-state index in [4.69, 9.17) is 16.3 Å². The number of anilines is 2. The number of aromatic nitrogens is 2. The average molecular weight is 565 g/mol. The van der Waals surface area contributed by atoms with E-state index in [1.165, 1.54) is 14.0 Å². The van der Waals surface area contributed by atoms with Crippen LogP contribution in [0.3, 0.4) is 0 Å². The second-order valence-electron chi connectivity index (χ2n) is 8.21. The minimum absolute atomic E-state index is 0.0983. The van der Waals surface area contributed by atoms with Crippen molar-refractivity contribution in [3.8, 4) is 5.75 Å². The average Bonchev–Trinajstić information content (AvgIpc) is 3.22. The van der Waals surface area contributed by atoms with Crippen LogP contribution in [-0.4, -0.2) is 28.5 Å². The molecule has 198 valence electrons. The smallest absolute Gasteiger partial charge is 0.416 e. The maximum Gasteiger partial charge on any atom is 0.416 e. The first-order valence-corrected chi connectivity index (χ1v) is 12.2. The number of amides is 2. The zero-order valence-corrected chi connectivity index (χ0v) is 21.7. The van der Waals surface area contributed by atoms with Gasteiger partial charge in [0.25, 0.3) is 11.5 Å². The highest BCUT2D eigenvalue weighted by atomic mass is 35.5. The molecular weight excluding hydrogens is 545 g/mol. The first-order valence-electron chi connectivity index (χ1n) is 11.0. The topological polar surface area (TPSA) is 102 Å². The number of alkyl halides is 3. The Kier molecular flexibility index (Phi) is 7.47. The maximum absolute atomic E-state index is 13.3. The normalized spacial score (nSPS) is 12.3. The molecule has 4 aromatic rings. The van der Waals surface area contributed by atoms with Gasteiger partial charge in [-0.2, -0.15) is 13.2 Å². The molecule has 2 N–H and O–H groups in total. The first kappa shape index (κ1) is 27.1. The van der Waals surface area contributed by atoms with E-state index in [0.29, 0.717) is 27.9 Å². The fourth-order valence-electron chi connectivity index (χ4n) is 3.72. The number of halogens is 4. The second kappa shape index (κ2) is 10.5. The molecule has 0 bridgehead atoms. The number of thiophene rings is 1. The third-order valence-electron chi connectivity index (χ3n) is 5.79. The lowest BCUT2D eigenvalue weighted by molar-refractivity contribution is -0.137. The number of methoxy groups -OCH3 is 1. The molecule has 0 fully saturated rings. The highest BCUT2D eigenvalue weighted by Gasteiger charge is 2.31. The molecule has 8 nitrogen and oxygen atoms in total. The summed E-state index contributed by atoms with van der Waals surface area (Å²) in [4.78, 5) is 44.0. The summed E-state index contributed by atoms with van der Waals surface area (Å²) >= 11 is 6.99. The maximum atomic E-state index is 13.3. The molecule has 0 aliphatic carbocycles. The molecule has 0 aliphatic heterocycles. The summed E-state index contributed by atoms with van der Waals surface area (Å²) in [6.07, 6.45) is -3.48. The highest BCUT2D eigenvalue weighted by Crippen LogP contribution is 2.34. The molecule has 0 radical (unpaired) electrons. The first-order chi connectivity index (χ1) is 17.9. The minimum Gasteiger partial charge on any atom is -0.495 e. The Bertz CT molecular complexity index is 1620. The van der Waals surface area contributed by atoms with Crippen LogP contribution in [-0.2, 0) is 11.0 Å². The summed E-state index contributed by atoms with van der Waals surface area (Å²) in [5.41, 5.74) is -1.00. The van der Waals surface area contributed by atoms with Gasteiger partial charge in [0, 0.05) is 0 Å². The number of hydrogen-bond donors (Lipinski definition) is 2. The third-order valence-corrected chi connectivity index (χ3v) is 7.31. The summed E-state index contributed by atoms with van der Waals surface area (Å²) in [6, 6.07) is 8.22. The van der Waals surface area contributed by atoms with Crippen molar-refractivity contribution < 1.29 is 27.5 Å². The lowest BCUT2D eigenvalue weighted by atomic mass is 10.1. The van der Waals surface area contributed by atoms with Crippen molar-refractivity contribution in [1.29, 1.82) is 0 Å². The van der Waals surface area contributed by atoms with Gasteiger partial charge in [-0.25, -0.2) is 4.98 Å². The summed E-state index contributed by atoms with van der Waals surface area (Å²) in [5, 5.41) is 5.15. The SMILES string of the molecule is COc1ccccc1NC(=O)c1sc2ncn(C(C)C(=O)Nc3cc(C(F)(F)F)ccc3Cl)c(=O)c2c1C. The molecule has 2 aromatic carbocycles. The van der Waals surface area contributed by atoms with Crippen molar-refractivity contribution in [3.63, 3.8) is 0 Å². The van der Waals surface area contributed by atoms with Gasteiger partial charge in [-0.05, 0) is 49.7 Å². The quantitative estimate of drug-likeness (QED) is 0.304. The van der Waals surface area contributed by atoms with Gasteiger partial charge in [-0.15, -0.1) is 11.3 Å². The molecule has 0 aliphatic rings. The highest BCUT2D eigenvalue weighted by molar-refractivity contribution is 7.20. The lowest BCUT2D eigenvalue weighted by Crippen LogP contribution is -2.32. The van der Waals surface area contributed by atoms with Crippen LogP contribution in [0, 0.1) is 6.92 Å². The molecule has 38 heavy (non-hydrogen) atoms. The third kappa shape index (κ3) is 5.22. The Balaban J connectivity index is 1.63. The summed E-state index contributed by atoms with van der Waals surface area (Å²) in [6.45, 7) is 2.99. The van der Waals surface area contributed by atoms with E-state index in [1.807, 2.05) is 0 Å². The van der Waals surface area contributed by atoms with E-state index in [9.17, 15) is 27.6 Å². The number of fused-ring (bicyclic) bond motifs is 1. The van der Waals surface area contributed by atoms with Crippen LogP contribution >= 0.6 is 22.9 Å². The van der Waals surface area contributed by atoms with Crippen molar-refractivity contribution in [2.24, 2.45) is 0 Å². The Morgan fingerprint density at radius 3 is 2.53 bits per heavy atom. The Hall–Kier alpha value is -3.90. The van der Waals surface area contributed by atoms with Crippen LogP contribution in [0.25, 0.3) is 10.2 Å². The zero-order valence-electron chi connectivity index (χ0n) is 20.1. The number of nitrogens with one attached hydrogen (secondary N) is 2. The largest absolute Gasteiger partial charge is 0.495 e. The Morgan fingerprint density at radius 2 is 1.84 bits per heavy atom. The van der Waals surface area contributed by atoms with E-state index >= 15 is 0 Å². The van der Waals surface area contributed by atoms with Crippen LogP contribution in [0.4, 0.5) is 24.5 Å². The number of rotatable bonds is 6. The van der Waals surface area contributed by atoms with Gasteiger partial charge >= 0.3 is 6.18 Å². The van der Waals surface area contributed by atoms with Crippen LogP contribution < -0.4 is 20.9 Å². The number of para-hydroxylation sites is 2. The molecule has 13 heteroatoms. The molecule has 0 saturated carbocycles. The van der Waals surface area contributed by atoms with Gasteiger partial charge in [0.05, 0.1) is 45.7 Å². The zero-order chi connectivity index (χ0) is 27.8. The molecule has 4 rings (SSSR count). The van der Waals surface area contributed by atoms with Crippen molar-refractivity contribution in [3.05, 3.63) is 80.2 Å². The molecule has 2 aromatic heterocycles. The fraction of sp³-hybridized carbons (Fsp3) is 0.200. The van der Waals surface area contributed by atoms with Crippen molar-refractivity contribution in [1.82, 2.24) is 9.55 Å². The molecule has 2 heterocycles. The number of carbonyl (C=O) groups is 2. The molecule has 1 unspecified atom stereocenters. The minimum atomic E-state index is -4.63. The van der Waals surface area contributed by atoms with E-state index in [0.717, 1.165) is 34.4 Å². The van der Waals surface area contributed by atoms with E-state index in [2.05, 4.69) is 15.6 Å². The van der Waals surface area contributed by atoms with Crippen LogP contribution in [0.15, 0.2) is 53.6 Å². The van der Waals surface area contributed by atoms with E-state index in [1.54, 1.807) is 31.2 Å². The number of nitrogens with zero attached hydrogens (tertiary/aromatic N) is 2. The van der Waals surface area contributed by atoms with Gasteiger partial charge in [0.15, 0.2) is 0 Å². The van der Waals surface area contributed by atoms with Crippen molar-refractivity contribution >= 4 is 56.3 Å². The lowest BCUT2D eigenvalue weighted by Gasteiger charge is -2.16. The van der Waals surface area contributed by atoms with Crippen LogP contribution in [0.2, 0.25) is 5.02 Å². The van der Waals surface area contributed by atoms with Gasteiger partial charge in [-0.3, -0.25) is 19.0 Å². The van der Waals surface area contributed by atoms with Gasteiger partial charge < -0.3 is 15.4 Å². The monoisotopic (exact) mass is 564 g/mol. The molecule has 2 amide bonds. The molecule has 1 atom stereocenters. The molecule has 0 spiro atoms. The standard InChI is InChI=1S/C25H20ClF3N4O4S/c1-12-19-23(38-20(12)22(35)31-16-6-4-5-7-18(16)37-3)30-11-33(24(19)36)13(2)21(34)32-17-10-14(25(27,28)29)8-9-15(17)26/h4-11,13H,1-3H3,(H,31,35)(H,32,34). The number of hydrogen-bond acceptors (Lipinski definition) is 6. The van der Waals surface area contributed by atoms with Crippen molar-refractivity contribution in [2.75, 3.05) is 17.7 Å². The second-order valence-corrected chi connectivity index (χ2v) is 9.61. The van der Waals surface area contributed by atoms with Gasteiger partial charge in [-0.1, -0.05) is 23.7 Å². The number of aryl methyl sites for hydroxylation is 1. The van der Waals surface area contributed by atoms with Gasteiger partial charge in [0.2, 0.25) is 5.91 Å². The van der Waals surface area contributed by atoms with Crippen molar-refractivity contribution in [2.45, 2.75) is 26.1 Å². The number of ether oxygens (including phenoxy) is 1. The Labute approximate surface area is 223 Å². The number of carbonyl (C=O) groups excluding carboxylic acids is 2. The van der Waals surface area contributed by atoms with E-state index < -0.39 is 35.2 Å². The summed E-state index contributed by atoms with van der Waals surface area (Å²) < 4.78 is 45.5. The predicted octanol–water partition coefficient (Wildman–Crippen LogP) is 5.90. The summed E-state index contributed by atoms with van der Waals surface area (Å²) in [5.74, 6) is -0.789.